The molecule has 0 bridgehead atoms. The van der Waals surface area contributed by atoms with E-state index in [9.17, 15) is 0 Å². The first-order valence-corrected chi connectivity index (χ1v) is 6.24. The van der Waals surface area contributed by atoms with Crippen LogP contribution in [0.2, 0.25) is 0 Å². The van der Waals surface area contributed by atoms with Crippen molar-refractivity contribution in [1.82, 2.24) is 9.80 Å². The summed E-state index contributed by atoms with van der Waals surface area (Å²) in [6, 6.07) is 1.31. The van der Waals surface area contributed by atoms with Gasteiger partial charge in [0.05, 0.1) is 0 Å². The lowest BCUT2D eigenvalue weighted by atomic mass is 10.0. The van der Waals surface area contributed by atoms with Crippen molar-refractivity contribution in [2.45, 2.75) is 37.8 Å². The average Bonchev–Trinajstić information content (AvgIpc) is 2.24. The van der Waals surface area contributed by atoms with E-state index < -0.39 is 0 Å². The van der Waals surface area contributed by atoms with Crippen molar-refractivity contribution in [2.24, 2.45) is 0 Å². The van der Waals surface area contributed by atoms with Gasteiger partial charge in [-0.05, 0) is 53.9 Å². The molecule has 2 heteroatoms. The lowest BCUT2D eigenvalue weighted by Crippen LogP contribution is -2.28. The molecule has 0 radical (unpaired) electrons. The molecule has 0 amide bonds. The Labute approximate surface area is 101 Å². The molecule has 2 nitrogen and oxygen atoms in total. The Balaban J connectivity index is 2.57. The molecule has 1 rings (SSSR count). The van der Waals surface area contributed by atoms with Crippen LogP contribution in [0.3, 0.4) is 0 Å². The van der Waals surface area contributed by atoms with Gasteiger partial charge in [-0.3, -0.25) is 0 Å². The van der Waals surface area contributed by atoms with Gasteiger partial charge in [0, 0.05) is 12.1 Å². The molecule has 0 aromatic heterocycles. The van der Waals surface area contributed by atoms with Crippen molar-refractivity contribution in [1.29, 1.82) is 0 Å². The van der Waals surface area contributed by atoms with Crippen LogP contribution in [0.25, 0.3) is 0 Å². The van der Waals surface area contributed by atoms with Crippen molar-refractivity contribution in [3.63, 3.8) is 0 Å². The third kappa shape index (κ3) is 4.50. The third-order valence-corrected chi connectivity index (χ3v) is 3.43. The number of rotatable bonds is 2. The molecule has 92 valence electrons. The monoisotopic (exact) mass is 222 g/mol. The van der Waals surface area contributed by atoms with Crippen LogP contribution >= 0.6 is 0 Å². The number of hydrogen-bond donors (Lipinski definition) is 0. The van der Waals surface area contributed by atoms with Crippen LogP contribution in [-0.4, -0.2) is 50.1 Å². The predicted molar refractivity (Wildman–Crippen MR) is 71.7 cm³/mol. The summed E-state index contributed by atoms with van der Waals surface area (Å²) in [6.07, 6.45) is 14.0. The lowest BCUT2D eigenvalue weighted by molar-refractivity contribution is 0.287. The van der Waals surface area contributed by atoms with Crippen molar-refractivity contribution >= 4 is 0 Å². The molecule has 0 atom stereocenters. The Hall–Kier alpha value is -0.600. The van der Waals surface area contributed by atoms with Crippen LogP contribution in [0.15, 0.2) is 24.3 Å². The van der Waals surface area contributed by atoms with Gasteiger partial charge in [-0.25, -0.2) is 0 Å². The van der Waals surface area contributed by atoms with Gasteiger partial charge in [-0.15, -0.1) is 0 Å². The van der Waals surface area contributed by atoms with Crippen molar-refractivity contribution < 1.29 is 0 Å². The molecule has 0 spiro atoms. The van der Waals surface area contributed by atoms with Gasteiger partial charge in [-0.2, -0.15) is 0 Å². The highest BCUT2D eigenvalue weighted by molar-refractivity contribution is 4.98. The Morgan fingerprint density at radius 1 is 0.625 bits per heavy atom. The van der Waals surface area contributed by atoms with Gasteiger partial charge < -0.3 is 9.80 Å². The van der Waals surface area contributed by atoms with Crippen molar-refractivity contribution in [3.05, 3.63) is 24.3 Å². The fraction of sp³-hybridized carbons (Fsp3) is 0.714. The fourth-order valence-electron chi connectivity index (χ4n) is 2.05. The second-order valence-electron chi connectivity index (χ2n) is 5.12. The molecule has 0 N–H and O–H groups in total. The first kappa shape index (κ1) is 13.5. The Morgan fingerprint density at radius 2 is 0.875 bits per heavy atom. The summed E-state index contributed by atoms with van der Waals surface area (Å²) in [4.78, 5) is 4.64. The molecular formula is C14H26N2. The van der Waals surface area contributed by atoms with E-state index in [0.717, 1.165) is 25.7 Å². The summed E-state index contributed by atoms with van der Waals surface area (Å²) in [7, 11) is 8.67. The molecule has 0 saturated carbocycles. The zero-order valence-corrected chi connectivity index (χ0v) is 11.2. The summed E-state index contributed by atoms with van der Waals surface area (Å²) >= 11 is 0. The molecule has 0 fully saturated rings. The van der Waals surface area contributed by atoms with Gasteiger partial charge >= 0.3 is 0 Å². The van der Waals surface area contributed by atoms with E-state index in [1.54, 1.807) is 0 Å². The summed E-state index contributed by atoms with van der Waals surface area (Å²) in [5.74, 6) is 0. The van der Waals surface area contributed by atoms with E-state index in [4.69, 9.17) is 0 Å². The van der Waals surface area contributed by atoms with E-state index in [1.807, 2.05) is 0 Å². The normalized spacial score (nSPS) is 31.6. The van der Waals surface area contributed by atoms with E-state index in [-0.39, 0.29) is 0 Å². The molecule has 1 aliphatic carbocycles. The molecule has 16 heavy (non-hydrogen) atoms. The van der Waals surface area contributed by atoms with Crippen LogP contribution in [0.5, 0.6) is 0 Å². The van der Waals surface area contributed by atoms with Crippen molar-refractivity contribution in [2.75, 3.05) is 28.2 Å². The molecule has 0 aliphatic heterocycles. The first-order chi connectivity index (χ1) is 7.61. The van der Waals surface area contributed by atoms with Gasteiger partial charge in [0.15, 0.2) is 0 Å². The van der Waals surface area contributed by atoms with Crippen LogP contribution in [0.1, 0.15) is 25.7 Å². The number of nitrogens with zero attached hydrogens (tertiary/aromatic N) is 2. The average molecular weight is 222 g/mol. The van der Waals surface area contributed by atoms with E-state index >= 15 is 0 Å². The minimum atomic E-state index is 0.656. The van der Waals surface area contributed by atoms with Crippen LogP contribution < -0.4 is 0 Å². The van der Waals surface area contributed by atoms with Crippen LogP contribution in [-0.2, 0) is 0 Å². The summed E-state index contributed by atoms with van der Waals surface area (Å²) in [5, 5.41) is 0. The highest BCUT2D eigenvalue weighted by Gasteiger charge is 2.11. The zero-order chi connectivity index (χ0) is 12.0. The molecule has 0 saturated heterocycles. The molecule has 0 aromatic rings. The Morgan fingerprint density at radius 3 is 1.06 bits per heavy atom. The highest BCUT2D eigenvalue weighted by atomic mass is 15.1. The minimum Gasteiger partial charge on any atom is -0.306 e. The second-order valence-corrected chi connectivity index (χ2v) is 5.12. The molecule has 0 aromatic carbocycles. The Kier molecular flexibility index (Phi) is 5.78. The smallest absolute Gasteiger partial charge is 0.0158 e. The number of hydrogen-bond acceptors (Lipinski definition) is 2. The van der Waals surface area contributed by atoms with E-state index in [1.165, 1.54) is 0 Å². The largest absolute Gasteiger partial charge is 0.306 e. The van der Waals surface area contributed by atoms with Crippen LogP contribution in [0.4, 0.5) is 0 Å². The molecule has 1 aliphatic rings. The highest BCUT2D eigenvalue weighted by Crippen LogP contribution is 2.13. The minimum absolute atomic E-state index is 0.656. The van der Waals surface area contributed by atoms with Gasteiger partial charge in [0.25, 0.3) is 0 Å². The standard InChI is InChI=1S/C14H26N2/c1-15(2)13-9-5-7-11-14(16(3)4)12-8-6-10-13/h5-8,13-14H,9-12H2,1-4H3/b7-5-,8-6-. The summed E-state index contributed by atoms with van der Waals surface area (Å²) in [6.45, 7) is 0. The van der Waals surface area contributed by atoms with Crippen LogP contribution in [0, 0.1) is 0 Å². The molecular weight excluding hydrogens is 196 g/mol. The Bertz CT molecular complexity index is 199. The maximum Gasteiger partial charge on any atom is 0.0158 e. The molecule has 0 heterocycles. The van der Waals surface area contributed by atoms with Gasteiger partial charge in [0.1, 0.15) is 0 Å². The lowest BCUT2D eigenvalue weighted by Gasteiger charge is -2.24. The summed E-state index contributed by atoms with van der Waals surface area (Å²) in [5.41, 5.74) is 0. The topological polar surface area (TPSA) is 6.48 Å². The maximum absolute atomic E-state index is 2.35. The van der Waals surface area contributed by atoms with E-state index in [0.29, 0.717) is 12.1 Å². The summed E-state index contributed by atoms with van der Waals surface area (Å²) < 4.78 is 0. The fourth-order valence-corrected chi connectivity index (χ4v) is 2.05. The SMILES string of the molecule is CN(C)C1C/C=C\CC(N(C)C)C/C=C\C1. The quantitative estimate of drug-likeness (QED) is 0.663. The molecule has 0 unspecified atom stereocenters. The predicted octanol–water partition coefficient (Wildman–Crippen LogP) is 2.53. The zero-order valence-electron chi connectivity index (χ0n) is 11.2. The van der Waals surface area contributed by atoms with E-state index in [2.05, 4.69) is 62.3 Å². The van der Waals surface area contributed by atoms with Crippen molar-refractivity contribution in [3.8, 4) is 0 Å². The second kappa shape index (κ2) is 6.87. The first-order valence-electron chi connectivity index (χ1n) is 6.24. The van der Waals surface area contributed by atoms with Gasteiger partial charge in [-0.1, -0.05) is 24.3 Å². The maximum atomic E-state index is 2.35. The van der Waals surface area contributed by atoms with Gasteiger partial charge in [0.2, 0.25) is 0 Å². The third-order valence-electron chi connectivity index (χ3n) is 3.43.